The number of carbonyl (C=O) groups excluding carboxylic acids is 1. The minimum absolute atomic E-state index is 0. The smallest absolute Gasteiger partial charge is 0.217 e. The highest BCUT2D eigenvalue weighted by molar-refractivity contribution is 14.0. The van der Waals surface area contributed by atoms with Crippen molar-refractivity contribution in [3.8, 4) is 0 Å². The van der Waals surface area contributed by atoms with E-state index in [0.29, 0.717) is 12.3 Å². The lowest BCUT2D eigenvalue weighted by Gasteiger charge is -2.34. The number of hydrogen-bond acceptors (Lipinski definition) is 2. The van der Waals surface area contributed by atoms with E-state index in [2.05, 4.69) is 43.3 Å². The summed E-state index contributed by atoms with van der Waals surface area (Å²) in [5, 5.41) is 3.39. The van der Waals surface area contributed by atoms with Crippen molar-refractivity contribution in [2.45, 2.75) is 25.8 Å². The zero-order chi connectivity index (χ0) is 15.9. The molecule has 1 saturated heterocycles. The number of likely N-dealkylation sites (tertiary alicyclic amines) is 1. The van der Waals surface area contributed by atoms with Gasteiger partial charge in [-0.05, 0) is 36.5 Å². The Morgan fingerprint density at radius 3 is 2.74 bits per heavy atom. The fraction of sp³-hybridized carbons (Fsp3) is 0.500. The standard InChI is InChI=1S/C16H23BrN4O.HI/c1-19-16(20-10-12-4-6-14(17)7-5-12)21-8-2-3-13(11-21)9-15(18)22;/h4-7,13H,2-3,8-11H2,1H3,(H2,18,22)(H,19,20);1H. The number of guanidine groups is 1. The fourth-order valence-electron chi connectivity index (χ4n) is 2.82. The van der Waals surface area contributed by atoms with Crippen LogP contribution in [0.15, 0.2) is 33.7 Å². The van der Waals surface area contributed by atoms with Gasteiger partial charge in [0, 0.05) is 37.6 Å². The van der Waals surface area contributed by atoms with Crippen LogP contribution < -0.4 is 11.1 Å². The van der Waals surface area contributed by atoms with E-state index in [-0.39, 0.29) is 29.9 Å². The van der Waals surface area contributed by atoms with Crippen molar-refractivity contribution in [1.29, 1.82) is 0 Å². The van der Waals surface area contributed by atoms with Crippen LogP contribution >= 0.6 is 39.9 Å². The normalized spacial score (nSPS) is 18.3. The average molecular weight is 495 g/mol. The Labute approximate surface area is 163 Å². The first kappa shape index (κ1) is 20.2. The van der Waals surface area contributed by atoms with Crippen LogP contribution in [-0.2, 0) is 11.3 Å². The number of amides is 1. The molecule has 1 aliphatic heterocycles. The predicted octanol–water partition coefficient (Wildman–Crippen LogP) is 2.73. The number of hydrogen-bond donors (Lipinski definition) is 2. The maximum atomic E-state index is 11.1. The second kappa shape index (κ2) is 10.1. The molecular formula is C16H24BrIN4O. The molecule has 1 amide bonds. The fourth-order valence-corrected chi connectivity index (χ4v) is 3.09. The topological polar surface area (TPSA) is 70.7 Å². The van der Waals surface area contributed by atoms with E-state index in [0.717, 1.165) is 42.9 Å². The molecule has 2 rings (SSSR count). The predicted molar refractivity (Wildman–Crippen MR) is 108 cm³/mol. The lowest BCUT2D eigenvalue weighted by atomic mass is 9.95. The molecule has 1 heterocycles. The highest BCUT2D eigenvalue weighted by Gasteiger charge is 2.23. The molecule has 0 aromatic heterocycles. The number of nitrogens with zero attached hydrogens (tertiary/aromatic N) is 2. The molecule has 5 nitrogen and oxygen atoms in total. The van der Waals surface area contributed by atoms with E-state index in [9.17, 15) is 4.79 Å². The summed E-state index contributed by atoms with van der Waals surface area (Å²) < 4.78 is 1.07. The summed E-state index contributed by atoms with van der Waals surface area (Å²) >= 11 is 3.44. The van der Waals surface area contributed by atoms with Crippen molar-refractivity contribution < 1.29 is 4.79 Å². The van der Waals surface area contributed by atoms with Crippen molar-refractivity contribution in [3.63, 3.8) is 0 Å². The van der Waals surface area contributed by atoms with Gasteiger partial charge in [0.1, 0.15) is 0 Å². The van der Waals surface area contributed by atoms with Gasteiger partial charge in [0.05, 0.1) is 0 Å². The Bertz CT molecular complexity index is 535. The Morgan fingerprint density at radius 2 is 2.13 bits per heavy atom. The van der Waals surface area contributed by atoms with Crippen LogP contribution in [0.25, 0.3) is 0 Å². The SMILES string of the molecule is CN=C(NCc1ccc(Br)cc1)N1CCCC(CC(N)=O)C1.I. The number of halogens is 2. The summed E-state index contributed by atoms with van der Waals surface area (Å²) in [6, 6.07) is 8.22. The summed E-state index contributed by atoms with van der Waals surface area (Å²) in [5.74, 6) is 0.999. The Kier molecular flexibility index (Phi) is 8.90. The third-order valence-corrected chi connectivity index (χ3v) is 4.41. The van der Waals surface area contributed by atoms with E-state index >= 15 is 0 Å². The third-order valence-electron chi connectivity index (χ3n) is 3.88. The summed E-state index contributed by atoms with van der Waals surface area (Å²) in [7, 11) is 1.79. The van der Waals surface area contributed by atoms with Gasteiger partial charge in [0.25, 0.3) is 0 Å². The Hall–Kier alpha value is -0.830. The number of carbonyl (C=O) groups is 1. The number of nitrogens with two attached hydrogens (primary N) is 1. The monoisotopic (exact) mass is 494 g/mol. The van der Waals surface area contributed by atoms with Crippen LogP contribution in [0.1, 0.15) is 24.8 Å². The number of benzene rings is 1. The van der Waals surface area contributed by atoms with Crippen LogP contribution in [0.5, 0.6) is 0 Å². The zero-order valence-electron chi connectivity index (χ0n) is 13.3. The van der Waals surface area contributed by atoms with Crippen LogP contribution in [-0.4, -0.2) is 36.9 Å². The molecule has 0 saturated carbocycles. The molecule has 0 aliphatic carbocycles. The molecular weight excluding hydrogens is 471 g/mol. The number of aliphatic imine (C=N–C) groups is 1. The molecule has 128 valence electrons. The van der Waals surface area contributed by atoms with Gasteiger partial charge in [-0.25, -0.2) is 0 Å². The van der Waals surface area contributed by atoms with Gasteiger partial charge >= 0.3 is 0 Å². The van der Waals surface area contributed by atoms with E-state index < -0.39 is 0 Å². The molecule has 1 fully saturated rings. The van der Waals surface area contributed by atoms with Crippen LogP contribution in [0.3, 0.4) is 0 Å². The largest absolute Gasteiger partial charge is 0.370 e. The number of primary amides is 1. The zero-order valence-corrected chi connectivity index (χ0v) is 17.2. The first-order valence-corrected chi connectivity index (χ1v) is 8.36. The molecule has 0 spiro atoms. The van der Waals surface area contributed by atoms with Gasteiger partial charge < -0.3 is 16.0 Å². The van der Waals surface area contributed by atoms with Gasteiger partial charge in [-0.15, -0.1) is 24.0 Å². The molecule has 7 heteroatoms. The average Bonchev–Trinajstić information content (AvgIpc) is 2.49. The van der Waals surface area contributed by atoms with E-state index in [1.165, 1.54) is 5.56 Å². The lowest BCUT2D eigenvalue weighted by Crippen LogP contribution is -2.46. The number of piperidine rings is 1. The van der Waals surface area contributed by atoms with Crippen molar-refractivity contribution in [2.75, 3.05) is 20.1 Å². The van der Waals surface area contributed by atoms with Gasteiger partial charge in [-0.2, -0.15) is 0 Å². The summed E-state index contributed by atoms with van der Waals surface area (Å²) in [6.07, 6.45) is 2.58. The van der Waals surface area contributed by atoms with Crippen LogP contribution in [0.4, 0.5) is 0 Å². The summed E-state index contributed by atoms with van der Waals surface area (Å²) in [6.45, 7) is 2.54. The first-order valence-electron chi connectivity index (χ1n) is 7.57. The van der Waals surface area contributed by atoms with E-state index in [4.69, 9.17) is 5.73 Å². The molecule has 1 aliphatic rings. The summed E-state index contributed by atoms with van der Waals surface area (Å²) in [4.78, 5) is 17.7. The maximum Gasteiger partial charge on any atom is 0.217 e. The number of nitrogens with one attached hydrogen (secondary N) is 1. The van der Waals surface area contributed by atoms with Crippen molar-refractivity contribution in [3.05, 3.63) is 34.3 Å². The minimum Gasteiger partial charge on any atom is -0.370 e. The molecule has 0 radical (unpaired) electrons. The number of rotatable bonds is 4. The molecule has 23 heavy (non-hydrogen) atoms. The van der Waals surface area contributed by atoms with Gasteiger partial charge in [-0.1, -0.05) is 28.1 Å². The van der Waals surface area contributed by atoms with Gasteiger partial charge in [0.2, 0.25) is 5.91 Å². The van der Waals surface area contributed by atoms with E-state index in [1.54, 1.807) is 7.05 Å². The van der Waals surface area contributed by atoms with E-state index in [1.807, 2.05) is 12.1 Å². The molecule has 1 aromatic rings. The molecule has 0 bridgehead atoms. The summed E-state index contributed by atoms with van der Waals surface area (Å²) in [5.41, 5.74) is 6.52. The second-order valence-electron chi connectivity index (χ2n) is 5.65. The van der Waals surface area contributed by atoms with Crippen molar-refractivity contribution in [1.82, 2.24) is 10.2 Å². The third kappa shape index (κ3) is 6.66. The Balaban J connectivity index is 0.00000264. The molecule has 1 unspecified atom stereocenters. The minimum atomic E-state index is -0.218. The highest BCUT2D eigenvalue weighted by Crippen LogP contribution is 2.19. The van der Waals surface area contributed by atoms with Crippen molar-refractivity contribution >= 4 is 51.8 Å². The lowest BCUT2D eigenvalue weighted by molar-refractivity contribution is -0.119. The quantitative estimate of drug-likeness (QED) is 0.384. The molecule has 1 aromatic carbocycles. The van der Waals surface area contributed by atoms with Gasteiger partial charge in [-0.3, -0.25) is 9.79 Å². The van der Waals surface area contributed by atoms with Gasteiger partial charge in [0.15, 0.2) is 5.96 Å². The van der Waals surface area contributed by atoms with Crippen molar-refractivity contribution in [2.24, 2.45) is 16.6 Å². The Morgan fingerprint density at radius 1 is 1.43 bits per heavy atom. The maximum absolute atomic E-state index is 11.1. The van der Waals surface area contributed by atoms with Crippen LogP contribution in [0.2, 0.25) is 0 Å². The highest BCUT2D eigenvalue weighted by atomic mass is 127. The molecule has 3 N–H and O–H groups in total. The second-order valence-corrected chi connectivity index (χ2v) is 6.57. The van der Waals surface area contributed by atoms with Crippen LogP contribution in [0, 0.1) is 5.92 Å². The molecule has 1 atom stereocenters. The first-order chi connectivity index (χ1) is 10.6.